The van der Waals surface area contributed by atoms with Gasteiger partial charge in [0.2, 0.25) is 5.91 Å². The summed E-state index contributed by atoms with van der Waals surface area (Å²) in [4.78, 5) is 25.6. The van der Waals surface area contributed by atoms with Crippen LogP contribution in [0, 0.1) is 5.41 Å². The van der Waals surface area contributed by atoms with Crippen molar-refractivity contribution in [3.8, 4) is 0 Å². The number of nitrogens with zero attached hydrogens (tertiary/aromatic N) is 1. The molecule has 2 heterocycles. The lowest BCUT2D eigenvalue weighted by Gasteiger charge is -2.39. The number of hydrogen-bond donors (Lipinski definition) is 2. The van der Waals surface area contributed by atoms with E-state index in [9.17, 15) is 9.59 Å². The summed E-state index contributed by atoms with van der Waals surface area (Å²) in [6.07, 6.45) is 5.99. The molecule has 1 atom stereocenters. The maximum Gasteiger partial charge on any atom is 0.320 e. The number of carbonyl (C=O) groups is 2. The van der Waals surface area contributed by atoms with Gasteiger partial charge >= 0.3 is 5.97 Å². The average molecular weight is 358 g/mol. The molecule has 1 amide bonds. The van der Waals surface area contributed by atoms with Crippen LogP contribution in [0.2, 0.25) is 0 Å². The second-order valence-corrected chi connectivity index (χ2v) is 7.88. The fraction of sp³-hybridized carbons (Fsp3) is 0.619. The smallest absolute Gasteiger partial charge is 0.320 e. The number of nitrogens with one attached hydrogen (secondary N) is 1. The Morgan fingerprint density at radius 3 is 2.42 bits per heavy atom. The Bertz CT molecular complexity index is 633. The quantitative estimate of drug-likeness (QED) is 0.820. The van der Waals surface area contributed by atoms with Crippen LogP contribution in [0.25, 0.3) is 0 Å². The van der Waals surface area contributed by atoms with Crippen LogP contribution < -0.4 is 5.32 Å². The normalized spacial score (nSPS) is 21.9. The van der Waals surface area contributed by atoms with Crippen LogP contribution >= 0.6 is 0 Å². The second-order valence-electron chi connectivity index (χ2n) is 7.88. The minimum Gasteiger partial charge on any atom is -0.480 e. The number of likely N-dealkylation sites (tertiary alicyclic amines) is 1. The Balaban J connectivity index is 1.40. The van der Waals surface area contributed by atoms with Gasteiger partial charge in [0.15, 0.2) is 0 Å². The first-order valence-electron chi connectivity index (χ1n) is 9.83. The molecule has 5 nitrogen and oxygen atoms in total. The summed E-state index contributed by atoms with van der Waals surface area (Å²) in [5.41, 5.74) is 2.71. The molecule has 0 saturated carbocycles. The molecule has 0 radical (unpaired) electrons. The summed E-state index contributed by atoms with van der Waals surface area (Å²) in [6.45, 7) is 4.44. The van der Waals surface area contributed by atoms with Gasteiger partial charge in [-0.3, -0.25) is 9.59 Å². The van der Waals surface area contributed by atoms with E-state index >= 15 is 0 Å². The monoisotopic (exact) mass is 358 g/mol. The second kappa shape index (κ2) is 8.21. The number of piperidine rings is 1. The molecule has 0 aliphatic carbocycles. The molecule has 1 aromatic carbocycles. The maximum atomic E-state index is 12.5. The molecule has 142 valence electrons. The van der Waals surface area contributed by atoms with E-state index in [4.69, 9.17) is 5.11 Å². The number of carboxylic acids is 1. The first-order valence-corrected chi connectivity index (χ1v) is 9.83. The molecule has 26 heavy (non-hydrogen) atoms. The van der Waals surface area contributed by atoms with Gasteiger partial charge in [-0.2, -0.15) is 0 Å². The number of amides is 1. The van der Waals surface area contributed by atoms with E-state index in [1.807, 2.05) is 4.90 Å². The van der Waals surface area contributed by atoms with Gasteiger partial charge in [0.05, 0.1) is 0 Å². The zero-order valence-corrected chi connectivity index (χ0v) is 15.7. The number of rotatable bonds is 6. The Morgan fingerprint density at radius 1 is 1.19 bits per heavy atom. The third-order valence-corrected chi connectivity index (χ3v) is 6.12. The molecule has 1 spiro atoms. The van der Waals surface area contributed by atoms with Crippen molar-refractivity contribution in [2.24, 2.45) is 5.41 Å². The van der Waals surface area contributed by atoms with E-state index in [1.54, 1.807) is 0 Å². The maximum absolute atomic E-state index is 12.5. The first-order chi connectivity index (χ1) is 12.5. The van der Waals surface area contributed by atoms with E-state index in [0.717, 1.165) is 51.7 Å². The highest BCUT2D eigenvalue weighted by atomic mass is 16.4. The standard InChI is InChI=1S/C21H30N2O3/c1-2-16-6-8-17(9-7-16)4-3-5-19(24)23-12-10-21(11-13-23)14-18(20(25)26)22-15-21/h6-9,18,22H,2-5,10-15H2,1H3,(H,25,26)/t18-/m0/s1. The predicted octanol–water partition coefficient (Wildman–Crippen LogP) is 2.63. The van der Waals surface area contributed by atoms with Gasteiger partial charge in [-0.15, -0.1) is 0 Å². The van der Waals surface area contributed by atoms with E-state index in [2.05, 4.69) is 36.5 Å². The van der Waals surface area contributed by atoms with Crippen LogP contribution in [-0.4, -0.2) is 47.6 Å². The number of aryl methyl sites for hydroxylation is 2. The van der Waals surface area contributed by atoms with Gasteiger partial charge in [0.25, 0.3) is 0 Å². The molecule has 0 unspecified atom stereocenters. The van der Waals surface area contributed by atoms with E-state index in [-0.39, 0.29) is 11.3 Å². The van der Waals surface area contributed by atoms with Crippen molar-refractivity contribution < 1.29 is 14.7 Å². The van der Waals surface area contributed by atoms with Crippen LogP contribution in [0.5, 0.6) is 0 Å². The topological polar surface area (TPSA) is 69.6 Å². The molecule has 3 rings (SSSR count). The summed E-state index contributed by atoms with van der Waals surface area (Å²) >= 11 is 0. The molecular weight excluding hydrogens is 328 g/mol. The minimum absolute atomic E-state index is 0.0703. The largest absolute Gasteiger partial charge is 0.480 e. The van der Waals surface area contributed by atoms with Crippen molar-refractivity contribution in [2.75, 3.05) is 19.6 Å². The molecule has 0 bridgehead atoms. The predicted molar refractivity (Wildman–Crippen MR) is 101 cm³/mol. The average Bonchev–Trinajstić information content (AvgIpc) is 3.07. The van der Waals surface area contributed by atoms with E-state index in [0.29, 0.717) is 12.8 Å². The number of hydrogen-bond acceptors (Lipinski definition) is 3. The fourth-order valence-electron chi connectivity index (χ4n) is 4.25. The molecule has 2 aliphatic heterocycles. The van der Waals surface area contributed by atoms with Crippen LogP contribution in [-0.2, 0) is 22.4 Å². The highest BCUT2D eigenvalue weighted by Crippen LogP contribution is 2.39. The number of carboxylic acid groups (broad SMARTS) is 1. The molecule has 2 fully saturated rings. The lowest BCUT2D eigenvalue weighted by Crippen LogP contribution is -2.44. The Kier molecular flexibility index (Phi) is 5.97. The van der Waals surface area contributed by atoms with Crippen molar-refractivity contribution >= 4 is 11.9 Å². The molecule has 0 aromatic heterocycles. The van der Waals surface area contributed by atoms with Gasteiger partial charge in [-0.05, 0) is 55.1 Å². The third kappa shape index (κ3) is 4.44. The van der Waals surface area contributed by atoms with Crippen molar-refractivity contribution in [1.82, 2.24) is 10.2 Å². The highest BCUT2D eigenvalue weighted by Gasteiger charge is 2.43. The van der Waals surface area contributed by atoms with Gasteiger partial charge in [0.1, 0.15) is 6.04 Å². The van der Waals surface area contributed by atoms with E-state index < -0.39 is 12.0 Å². The SMILES string of the molecule is CCc1ccc(CCCC(=O)N2CCC3(CC2)CN[C@H](C(=O)O)C3)cc1. The molecular formula is C21H30N2O3. The van der Waals surface area contributed by atoms with Gasteiger partial charge in [-0.1, -0.05) is 31.2 Å². The summed E-state index contributed by atoms with van der Waals surface area (Å²) < 4.78 is 0. The Hall–Kier alpha value is -1.88. The highest BCUT2D eigenvalue weighted by molar-refractivity contribution is 5.76. The molecule has 2 aliphatic rings. The third-order valence-electron chi connectivity index (χ3n) is 6.12. The first kappa shape index (κ1) is 18.9. The van der Waals surface area contributed by atoms with Crippen molar-refractivity contribution in [1.29, 1.82) is 0 Å². The number of aliphatic carboxylic acids is 1. The lowest BCUT2D eigenvalue weighted by atomic mass is 9.76. The van der Waals surface area contributed by atoms with Crippen LogP contribution in [0.1, 0.15) is 50.2 Å². The molecule has 5 heteroatoms. The van der Waals surface area contributed by atoms with E-state index in [1.165, 1.54) is 11.1 Å². The zero-order chi connectivity index (χ0) is 18.6. The summed E-state index contributed by atoms with van der Waals surface area (Å²) in [5.74, 6) is -0.516. The Morgan fingerprint density at radius 2 is 1.85 bits per heavy atom. The van der Waals surface area contributed by atoms with Gasteiger partial charge < -0.3 is 15.3 Å². The fourth-order valence-corrected chi connectivity index (χ4v) is 4.25. The minimum atomic E-state index is -0.757. The van der Waals surface area contributed by atoms with Crippen molar-refractivity contribution in [2.45, 2.75) is 57.9 Å². The molecule has 2 N–H and O–H groups in total. The number of benzene rings is 1. The lowest BCUT2D eigenvalue weighted by molar-refractivity contribution is -0.139. The molecule has 1 aromatic rings. The van der Waals surface area contributed by atoms with Crippen molar-refractivity contribution in [3.63, 3.8) is 0 Å². The Labute approximate surface area is 155 Å². The van der Waals surface area contributed by atoms with Crippen LogP contribution in [0.3, 0.4) is 0 Å². The van der Waals surface area contributed by atoms with Crippen molar-refractivity contribution in [3.05, 3.63) is 35.4 Å². The van der Waals surface area contributed by atoms with Gasteiger partial charge in [-0.25, -0.2) is 0 Å². The summed E-state index contributed by atoms with van der Waals surface area (Å²) in [7, 11) is 0. The van der Waals surface area contributed by atoms with Crippen LogP contribution in [0.15, 0.2) is 24.3 Å². The number of carbonyl (C=O) groups excluding carboxylic acids is 1. The summed E-state index contributed by atoms with van der Waals surface area (Å²) in [5, 5.41) is 12.3. The summed E-state index contributed by atoms with van der Waals surface area (Å²) in [6, 6.07) is 8.25. The molecule has 2 saturated heterocycles. The van der Waals surface area contributed by atoms with Gasteiger partial charge in [0, 0.05) is 26.1 Å². The zero-order valence-electron chi connectivity index (χ0n) is 15.7. The van der Waals surface area contributed by atoms with Crippen LogP contribution in [0.4, 0.5) is 0 Å².